The molecule has 0 fully saturated rings. The number of rotatable bonds is 1. The molecule has 0 amide bonds. The minimum absolute atomic E-state index is 0.222. The Labute approximate surface area is 77.4 Å². The molecular formula is C11H11NO. The van der Waals surface area contributed by atoms with Crippen molar-refractivity contribution >= 4 is 0 Å². The summed E-state index contributed by atoms with van der Waals surface area (Å²) >= 11 is 0. The molecule has 0 heterocycles. The number of aliphatic hydroxyl groups is 1. The summed E-state index contributed by atoms with van der Waals surface area (Å²) in [6.45, 7) is 0.222. The highest BCUT2D eigenvalue weighted by molar-refractivity contribution is 5.45. The Bertz CT molecular complexity index is 365. The van der Waals surface area contributed by atoms with Crippen LogP contribution in [0.1, 0.15) is 16.7 Å². The molecule has 0 saturated carbocycles. The lowest BCUT2D eigenvalue weighted by atomic mass is 10.0. The van der Waals surface area contributed by atoms with E-state index in [1.165, 1.54) is 5.56 Å². The predicted octanol–water partition coefficient (Wildman–Crippen LogP) is 1.27. The zero-order chi connectivity index (χ0) is 9.26. The van der Waals surface area contributed by atoms with E-state index in [2.05, 4.69) is 6.07 Å². The fourth-order valence-corrected chi connectivity index (χ4v) is 1.97. The van der Waals surface area contributed by atoms with Crippen LogP contribution in [0.25, 0.3) is 0 Å². The van der Waals surface area contributed by atoms with Crippen molar-refractivity contribution in [3.63, 3.8) is 0 Å². The normalized spacial score (nSPS) is 19.5. The second-order valence-corrected chi connectivity index (χ2v) is 3.51. The second-order valence-electron chi connectivity index (χ2n) is 3.51. The molecular weight excluding hydrogens is 162 g/mol. The maximum Gasteiger partial charge on any atom is 0.0994 e. The average Bonchev–Trinajstić information content (AvgIpc) is 2.59. The maximum absolute atomic E-state index is 9.02. The van der Waals surface area contributed by atoms with Crippen LogP contribution in [-0.2, 0) is 12.8 Å². The molecule has 1 N–H and O–H groups in total. The SMILES string of the molecule is N#Cc1cccc2c1CC(CO)C2. The van der Waals surface area contributed by atoms with Gasteiger partial charge in [0.1, 0.15) is 0 Å². The third kappa shape index (κ3) is 1.32. The summed E-state index contributed by atoms with van der Waals surface area (Å²) in [7, 11) is 0. The molecule has 0 aromatic heterocycles. The number of aliphatic hydroxyl groups excluding tert-OH is 1. The van der Waals surface area contributed by atoms with Crippen LogP contribution in [0.3, 0.4) is 0 Å². The van der Waals surface area contributed by atoms with Crippen LogP contribution >= 0.6 is 0 Å². The number of hydrogen-bond donors (Lipinski definition) is 1. The second kappa shape index (κ2) is 3.20. The third-order valence-electron chi connectivity index (χ3n) is 2.65. The van der Waals surface area contributed by atoms with Gasteiger partial charge in [0.05, 0.1) is 11.6 Å². The van der Waals surface area contributed by atoms with Crippen LogP contribution in [0, 0.1) is 17.2 Å². The van der Waals surface area contributed by atoms with E-state index in [-0.39, 0.29) is 6.61 Å². The van der Waals surface area contributed by atoms with Gasteiger partial charge < -0.3 is 5.11 Å². The lowest BCUT2D eigenvalue weighted by Crippen LogP contribution is -2.04. The molecule has 1 aromatic carbocycles. The minimum Gasteiger partial charge on any atom is -0.396 e. The van der Waals surface area contributed by atoms with Gasteiger partial charge in [-0.3, -0.25) is 0 Å². The van der Waals surface area contributed by atoms with Gasteiger partial charge >= 0.3 is 0 Å². The molecule has 1 aliphatic carbocycles. The molecule has 1 unspecified atom stereocenters. The smallest absolute Gasteiger partial charge is 0.0994 e. The van der Waals surface area contributed by atoms with Crippen molar-refractivity contribution in [3.8, 4) is 6.07 Å². The summed E-state index contributed by atoms with van der Waals surface area (Å²) in [4.78, 5) is 0. The Morgan fingerprint density at radius 3 is 3.00 bits per heavy atom. The monoisotopic (exact) mass is 173 g/mol. The first-order chi connectivity index (χ1) is 6.35. The van der Waals surface area contributed by atoms with E-state index in [0.29, 0.717) is 5.92 Å². The first-order valence-electron chi connectivity index (χ1n) is 4.47. The molecule has 2 rings (SSSR count). The van der Waals surface area contributed by atoms with Crippen molar-refractivity contribution in [2.45, 2.75) is 12.8 Å². The largest absolute Gasteiger partial charge is 0.396 e. The average molecular weight is 173 g/mol. The van der Waals surface area contributed by atoms with Gasteiger partial charge in [-0.25, -0.2) is 0 Å². The van der Waals surface area contributed by atoms with Crippen molar-refractivity contribution in [1.82, 2.24) is 0 Å². The Kier molecular flexibility index (Phi) is 2.03. The Hall–Kier alpha value is -1.33. The first-order valence-corrected chi connectivity index (χ1v) is 4.47. The number of benzene rings is 1. The molecule has 1 aliphatic rings. The number of nitriles is 1. The lowest BCUT2D eigenvalue weighted by Gasteiger charge is -2.01. The molecule has 13 heavy (non-hydrogen) atoms. The zero-order valence-corrected chi connectivity index (χ0v) is 7.33. The fraction of sp³-hybridized carbons (Fsp3) is 0.364. The number of fused-ring (bicyclic) bond motifs is 1. The van der Waals surface area contributed by atoms with Crippen molar-refractivity contribution < 1.29 is 5.11 Å². The van der Waals surface area contributed by atoms with Gasteiger partial charge in [-0.2, -0.15) is 5.26 Å². The van der Waals surface area contributed by atoms with Crippen LogP contribution in [0.4, 0.5) is 0 Å². The van der Waals surface area contributed by atoms with Crippen LogP contribution < -0.4 is 0 Å². The number of hydrogen-bond acceptors (Lipinski definition) is 2. The summed E-state index contributed by atoms with van der Waals surface area (Å²) in [5, 5.41) is 17.9. The fourth-order valence-electron chi connectivity index (χ4n) is 1.97. The van der Waals surface area contributed by atoms with Gasteiger partial charge in [0.15, 0.2) is 0 Å². The van der Waals surface area contributed by atoms with Crippen molar-refractivity contribution in [2.75, 3.05) is 6.61 Å². The van der Waals surface area contributed by atoms with Gasteiger partial charge in [-0.15, -0.1) is 0 Å². The topological polar surface area (TPSA) is 44.0 Å². The summed E-state index contributed by atoms with van der Waals surface area (Å²) < 4.78 is 0. The predicted molar refractivity (Wildman–Crippen MR) is 49.1 cm³/mol. The lowest BCUT2D eigenvalue weighted by molar-refractivity contribution is 0.232. The summed E-state index contributed by atoms with van der Waals surface area (Å²) in [6.07, 6.45) is 1.77. The van der Waals surface area contributed by atoms with Gasteiger partial charge in [-0.05, 0) is 36.0 Å². The van der Waals surface area contributed by atoms with Gasteiger partial charge in [0.2, 0.25) is 0 Å². The molecule has 1 atom stereocenters. The van der Waals surface area contributed by atoms with Crippen molar-refractivity contribution in [1.29, 1.82) is 5.26 Å². The van der Waals surface area contributed by atoms with Gasteiger partial charge in [0, 0.05) is 6.61 Å². The molecule has 2 heteroatoms. The van der Waals surface area contributed by atoms with E-state index < -0.39 is 0 Å². The summed E-state index contributed by atoms with van der Waals surface area (Å²) in [6, 6.07) is 8.00. The number of nitrogens with zero attached hydrogens (tertiary/aromatic N) is 1. The van der Waals surface area contributed by atoms with E-state index in [0.717, 1.165) is 24.0 Å². The Morgan fingerprint density at radius 1 is 1.46 bits per heavy atom. The molecule has 0 radical (unpaired) electrons. The quantitative estimate of drug-likeness (QED) is 0.695. The molecule has 0 spiro atoms. The Morgan fingerprint density at radius 2 is 2.31 bits per heavy atom. The van der Waals surface area contributed by atoms with Gasteiger partial charge in [0.25, 0.3) is 0 Å². The van der Waals surface area contributed by atoms with Crippen LogP contribution in [0.15, 0.2) is 18.2 Å². The summed E-state index contributed by atoms with van der Waals surface area (Å²) in [5.41, 5.74) is 3.15. The molecule has 0 bridgehead atoms. The van der Waals surface area contributed by atoms with Crippen LogP contribution in [0.2, 0.25) is 0 Å². The molecule has 2 nitrogen and oxygen atoms in total. The zero-order valence-electron chi connectivity index (χ0n) is 7.33. The Balaban J connectivity index is 2.40. The van der Waals surface area contributed by atoms with Crippen molar-refractivity contribution in [3.05, 3.63) is 34.9 Å². The van der Waals surface area contributed by atoms with Crippen molar-refractivity contribution in [2.24, 2.45) is 5.92 Å². The van der Waals surface area contributed by atoms with E-state index >= 15 is 0 Å². The first kappa shape index (κ1) is 8.28. The molecule has 0 saturated heterocycles. The molecule has 0 aliphatic heterocycles. The summed E-state index contributed by atoms with van der Waals surface area (Å²) in [5.74, 6) is 0.324. The van der Waals surface area contributed by atoms with E-state index in [9.17, 15) is 0 Å². The van der Waals surface area contributed by atoms with E-state index in [4.69, 9.17) is 10.4 Å². The van der Waals surface area contributed by atoms with Crippen LogP contribution in [-0.4, -0.2) is 11.7 Å². The standard InChI is InChI=1S/C11H11NO/c12-6-10-3-1-2-9-4-8(7-13)5-11(9)10/h1-3,8,13H,4-5,7H2. The highest BCUT2D eigenvalue weighted by Gasteiger charge is 2.22. The molecule has 1 aromatic rings. The highest BCUT2D eigenvalue weighted by atomic mass is 16.3. The minimum atomic E-state index is 0.222. The molecule has 66 valence electrons. The van der Waals surface area contributed by atoms with E-state index in [1.54, 1.807) is 0 Å². The van der Waals surface area contributed by atoms with E-state index in [1.807, 2.05) is 18.2 Å². The maximum atomic E-state index is 9.02. The third-order valence-corrected chi connectivity index (χ3v) is 2.65. The highest BCUT2D eigenvalue weighted by Crippen LogP contribution is 2.28. The van der Waals surface area contributed by atoms with Crippen LogP contribution in [0.5, 0.6) is 0 Å². The van der Waals surface area contributed by atoms with Gasteiger partial charge in [-0.1, -0.05) is 12.1 Å².